The number of carbonyl (C=O) groups is 1. The van der Waals surface area contributed by atoms with Crippen molar-refractivity contribution in [3.8, 4) is 5.88 Å². The predicted molar refractivity (Wildman–Crippen MR) is 78.2 cm³/mol. The molecule has 0 unspecified atom stereocenters. The van der Waals surface area contributed by atoms with Crippen LogP contribution >= 0.6 is 11.8 Å². The molecule has 1 aromatic heterocycles. The fourth-order valence-corrected chi connectivity index (χ4v) is 3.59. The molecule has 21 heavy (non-hydrogen) atoms. The molecule has 7 heteroatoms. The molecule has 1 saturated heterocycles. The molecule has 0 radical (unpaired) electrons. The lowest BCUT2D eigenvalue weighted by Crippen LogP contribution is -2.44. The van der Waals surface area contributed by atoms with Gasteiger partial charge in [0.2, 0.25) is 5.88 Å². The van der Waals surface area contributed by atoms with Crippen molar-refractivity contribution in [1.82, 2.24) is 9.88 Å². The monoisotopic (exact) mass is 316 g/mol. The summed E-state index contributed by atoms with van der Waals surface area (Å²) in [5.74, 6) is -0.134. The Kier molecular flexibility index (Phi) is 5.39. The van der Waals surface area contributed by atoms with E-state index in [1.807, 2.05) is 11.8 Å². The molecule has 0 N–H and O–H groups in total. The highest BCUT2D eigenvalue weighted by atomic mass is 32.2. The second-order valence-electron chi connectivity index (χ2n) is 5.03. The lowest BCUT2D eigenvalue weighted by atomic mass is 10.2. The fourth-order valence-electron chi connectivity index (χ4n) is 2.27. The molecular formula is C14H18F2N2O2S. The highest BCUT2D eigenvalue weighted by molar-refractivity contribution is 8.00. The third kappa shape index (κ3) is 4.56. The lowest BCUT2D eigenvalue weighted by Gasteiger charge is -2.34. The van der Waals surface area contributed by atoms with Crippen molar-refractivity contribution in [2.24, 2.45) is 0 Å². The lowest BCUT2D eigenvalue weighted by molar-refractivity contribution is 0.0735. The van der Waals surface area contributed by atoms with E-state index in [1.165, 1.54) is 6.07 Å². The van der Waals surface area contributed by atoms with Crippen LogP contribution in [0.4, 0.5) is 8.78 Å². The molecule has 0 aromatic carbocycles. The molecule has 0 saturated carbocycles. The molecule has 1 fully saturated rings. The van der Waals surface area contributed by atoms with Crippen LogP contribution in [0.1, 0.15) is 24.3 Å². The average molecular weight is 316 g/mol. The van der Waals surface area contributed by atoms with E-state index in [4.69, 9.17) is 4.74 Å². The number of nitrogens with zero attached hydrogens (tertiary/aromatic N) is 2. The Hall–Kier alpha value is -1.37. The normalized spacial score (nSPS) is 22.4. The third-order valence-corrected chi connectivity index (χ3v) is 4.23. The Labute approximate surface area is 126 Å². The maximum absolute atomic E-state index is 12.4. The van der Waals surface area contributed by atoms with Gasteiger partial charge in [0, 0.05) is 29.7 Å². The first-order valence-electron chi connectivity index (χ1n) is 6.78. The minimum atomic E-state index is -2.56. The van der Waals surface area contributed by atoms with E-state index in [1.54, 1.807) is 17.0 Å². The number of rotatable bonds is 4. The number of carbonyl (C=O) groups excluding carboxylic acids is 1. The van der Waals surface area contributed by atoms with E-state index in [-0.39, 0.29) is 17.5 Å². The second kappa shape index (κ2) is 7.06. The summed E-state index contributed by atoms with van der Waals surface area (Å²) in [6, 6.07) is 4.64. The minimum absolute atomic E-state index is 0.0497. The molecule has 116 valence electrons. The summed E-state index contributed by atoms with van der Waals surface area (Å²) in [6.45, 7) is 4.76. The topological polar surface area (TPSA) is 42.4 Å². The zero-order chi connectivity index (χ0) is 15.4. The van der Waals surface area contributed by atoms with E-state index < -0.39 is 13.0 Å². The summed E-state index contributed by atoms with van der Waals surface area (Å²) in [5, 5.41) is 0.743. The summed E-state index contributed by atoms with van der Waals surface area (Å²) >= 11 is 1.85. The van der Waals surface area contributed by atoms with Gasteiger partial charge < -0.3 is 9.64 Å². The van der Waals surface area contributed by atoms with Crippen LogP contribution < -0.4 is 4.74 Å². The Bertz CT molecular complexity index is 492. The van der Waals surface area contributed by atoms with Gasteiger partial charge in [0.05, 0.1) is 0 Å². The van der Waals surface area contributed by atoms with Crippen LogP contribution in [-0.4, -0.2) is 52.4 Å². The first-order valence-corrected chi connectivity index (χ1v) is 7.72. The Morgan fingerprint density at radius 3 is 2.71 bits per heavy atom. The molecule has 4 nitrogen and oxygen atoms in total. The molecular weight excluding hydrogens is 298 g/mol. The van der Waals surface area contributed by atoms with Crippen molar-refractivity contribution >= 4 is 17.7 Å². The van der Waals surface area contributed by atoms with Gasteiger partial charge in [0.15, 0.2) is 6.61 Å². The number of amides is 1. The number of aromatic nitrogens is 1. The highest BCUT2D eigenvalue weighted by Crippen LogP contribution is 2.25. The van der Waals surface area contributed by atoms with E-state index in [9.17, 15) is 13.6 Å². The maximum atomic E-state index is 12.4. The average Bonchev–Trinajstić information content (AvgIpc) is 2.43. The van der Waals surface area contributed by atoms with Crippen molar-refractivity contribution in [2.45, 2.75) is 30.8 Å². The summed E-state index contributed by atoms with van der Waals surface area (Å²) in [6.07, 6.45) is -2.56. The van der Waals surface area contributed by atoms with Gasteiger partial charge in [-0.15, -0.1) is 0 Å². The molecule has 1 aliphatic heterocycles. The quantitative estimate of drug-likeness (QED) is 0.856. The molecule has 1 aliphatic rings. The van der Waals surface area contributed by atoms with Gasteiger partial charge >= 0.3 is 0 Å². The van der Waals surface area contributed by atoms with Crippen LogP contribution in [-0.2, 0) is 0 Å². The SMILES string of the molecule is C[C@H]1CN(C(=O)c2cccc(OCC(F)F)n2)C[C@H](C)S1. The van der Waals surface area contributed by atoms with Gasteiger partial charge in [0.25, 0.3) is 12.3 Å². The van der Waals surface area contributed by atoms with Gasteiger partial charge in [0.1, 0.15) is 5.69 Å². The van der Waals surface area contributed by atoms with Gasteiger partial charge in [-0.25, -0.2) is 13.8 Å². The molecule has 1 aromatic rings. The van der Waals surface area contributed by atoms with Gasteiger partial charge in [-0.3, -0.25) is 4.79 Å². The Morgan fingerprint density at radius 2 is 2.10 bits per heavy atom. The molecule has 1 amide bonds. The highest BCUT2D eigenvalue weighted by Gasteiger charge is 2.27. The van der Waals surface area contributed by atoms with Crippen LogP contribution in [0.15, 0.2) is 18.2 Å². The first-order chi connectivity index (χ1) is 9.95. The number of ether oxygens (including phenoxy) is 1. The summed E-state index contributed by atoms with van der Waals surface area (Å²) in [5.41, 5.74) is 0.230. The zero-order valence-electron chi connectivity index (χ0n) is 12.0. The van der Waals surface area contributed by atoms with Crippen molar-refractivity contribution in [1.29, 1.82) is 0 Å². The summed E-state index contributed by atoms with van der Waals surface area (Å²) < 4.78 is 29.1. The van der Waals surface area contributed by atoms with Crippen LogP contribution in [0.3, 0.4) is 0 Å². The number of thioether (sulfide) groups is 1. The van der Waals surface area contributed by atoms with Crippen molar-refractivity contribution in [2.75, 3.05) is 19.7 Å². The number of pyridine rings is 1. The standard InChI is InChI=1S/C14H18F2N2O2S/c1-9-6-18(7-10(2)21-9)14(19)11-4-3-5-13(17-11)20-8-12(15)16/h3-5,9-10,12H,6-8H2,1-2H3/t9-,10-/m0/s1. The van der Waals surface area contributed by atoms with Crippen LogP contribution in [0.2, 0.25) is 0 Å². The number of hydrogen-bond donors (Lipinski definition) is 0. The maximum Gasteiger partial charge on any atom is 0.272 e. The van der Waals surface area contributed by atoms with E-state index >= 15 is 0 Å². The second-order valence-corrected chi connectivity index (χ2v) is 6.91. The Morgan fingerprint density at radius 1 is 1.43 bits per heavy atom. The fraction of sp³-hybridized carbons (Fsp3) is 0.571. The van der Waals surface area contributed by atoms with E-state index in [2.05, 4.69) is 18.8 Å². The smallest absolute Gasteiger partial charge is 0.272 e. The van der Waals surface area contributed by atoms with Crippen LogP contribution in [0.5, 0.6) is 5.88 Å². The summed E-state index contributed by atoms with van der Waals surface area (Å²) in [4.78, 5) is 18.2. The first kappa shape index (κ1) is 16.0. The van der Waals surface area contributed by atoms with Crippen molar-refractivity contribution in [3.05, 3.63) is 23.9 Å². The molecule has 2 atom stereocenters. The van der Waals surface area contributed by atoms with E-state index in [0.717, 1.165) is 0 Å². The van der Waals surface area contributed by atoms with Crippen LogP contribution in [0, 0.1) is 0 Å². The number of hydrogen-bond acceptors (Lipinski definition) is 4. The Balaban J connectivity index is 2.06. The van der Waals surface area contributed by atoms with Gasteiger partial charge in [-0.05, 0) is 6.07 Å². The van der Waals surface area contributed by atoms with Crippen molar-refractivity contribution in [3.63, 3.8) is 0 Å². The molecule has 0 spiro atoms. The van der Waals surface area contributed by atoms with E-state index in [0.29, 0.717) is 23.6 Å². The van der Waals surface area contributed by atoms with Gasteiger partial charge in [-0.1, -0.05) is 19.9 Å². The summed E-state index contributed by atoms with van der Waals surface area (Å²) in [7, 11) is 0. The largest absolute Gasteiger partial charge is 0.472 e. The minimum Gasteiger partial charge on any atom is -0.472 e. The molecule has 0 bridgehead atoms. The molecule has 0 aliphatic carbocycles. The number of alkyl halides is 2. The molecule has 2 rings (SSSR count). The third-order valence-electron chi connectivity index (χ3n) is 3.01. The van der Waals surface area contributed by atoms with Crippen LogP contribution in [0.25, 0.3) is 0 Å². The predicted octanol–water partition coefficient (Wildman–Crippen LogP) is 2.69. The zero-order valence-corrected chi connectivity index (χ0v) is 12.8. The van der Waals surface area contributed by atoms with Crippen molar-refractivity contribution < 1.29 is 18.3 Å². The molecule has 2 heterocycles. The van der Waals surface area contributed by atoms with Gasteiger partial charge in [-0.2, -0.15) is 11.8 Å². The number of halogens is 2.